The van der Waals surface area contributed by atoms with Gasteiger partial charge in [-0.05, 0) is 30.0 Å². The third-order valence-corrected chi connectivity index (χ3v) is 5.06. The minimum atomic E-state index is -1.13. The number of urea groups is 1. The monoisotopic (exact) mass is 380 g/mol. The molecule has 1 spiro atoms. The Labute approximate surface area is 159 Å². The first-order valence-corrected chi connectivity index (χ1v) is 8.67. The van der Waals surface area contributed by atoms with Gasteiger partial charge in [-0.3, -0.25) is 24.6 Å². The number of imide groups is 1. The van der Waals surface area contributed by atoms with Crippen LogP contribution in [0.25, 0.3) is 0 Å². The summed E-state index contributed by atoms with van der Waals surface area (Å²) in [5.74, 6) is -1.08. The number of non-ortho nitro benzene ring substituents is 1. The average Bonchev–Trinajstić information content (AvgIpc) is 3.16. The van der Waals surface area contributed by atoms with Crippen molar-refractivity contribution in [1.82, 2.24) is 10.2 Å². The number of nitro benzene ring substituents is 1. The van der Waals surface area contributed by atoms with E-state index in [1.54, 1.807) is 0 Å². The first-order valence-electron chi connectivity index (χ1n) is 8.67. The molecule has 1 saturated heterocycles. The zero-order valence-corrected chi connectivity index (χ0v) is 14.7. The van der Waals surface area contributed by atoms with Gasteiger partial charge in [0.25, 0.3) is 11.6 Å². The van der Waals surface area contributed by atoms with Crippen LogP contribution in [-0.4, -0.2) is 34.2 Å². The van der Waals surface area contributed by atoms with E-state index in [0.717, 1.165) is 16.0 Å². The van der Waals surface area contributed by atoms with E-state index in [1.165, 1.54) is 24.3 Å². The standard InChI is InChI=1S/C19H16N4O5/c24-16(20-13-5-3-6-14(10-13)23(27)28)11-22-17(25)19(21-18(22)26)9-8-12-4-1-2-7-15(12)19/h1-7,10H,8-9,11H2,(H,20,24)(H,21,26)/t19-/m0/s1. The highest BCUT2D eigenvalue weighted by Gasteiger charge is 2.55. The maximum atomic E-state index is 13.0. The number of carbonyl (C=O) groups is 3. The fraction of sp³-hybridized carbons (Fsp3) is 0.211. The molecular formula is C19H16N4O5. The lowest BCUT2D eigenvalue weighted by Crippen LogP contribution is -2.42. The molecule has 0 saturated carbocycles. The van der Waals surface area contributed by atoms with Crippen molar-refractivity contribution < 1.29 is 19.3 Å². The van der Waals surface area contributed by atoms with Crippen molar-refractivity contribution in [2.75, 3.05) is 11.9 Å². The molecule has 1 aliphatic heterocycles. The number of carbonyl (C=O) groups excluding carboxylic acids is 3. The van der Waals surface area contributed by atoms with Gasteiger partial charge >= 0.3 is 6.03 Å². The van der Waals surface area contributed by atoms with Gasteiger partial charge in [0.2, 0.25) is 5.91 Å². The van der Waals surface area contributed by atoms with E-state index in [-0.39, 0.29) is 11.4 Å². The van der Waals surface area contributed by atoms with Crippen LogP contribution in [0.2, 0.25) is 0 Å². The number of nitrogens with one attached hydrogen (secondary N) is 2. The van der Waals surface area contributed by atoms with Crippen molar-refractivity contribution in [2.45, 2.75) is 18.4 Å². The topological polar surface area (TPSA) is 122 Å². The zero-order valence-electron chi connectivity index (χ0n) is 14.7. The molecule has 2 N–H and O–H groups in total. The summed E-state index contributed by atoms with van der Waals surface area (Å²) in [4.78, 5) is 48.9. The second kappa shape index (κ2) is 6.45. The van der Waals surface area contributed by atoms with Crippen LogP contribution in [0.15, 0.2) is 48.5 Å². The van der Waals surface area contributed by atoms with E-state index in [0.29, 0.717) is 12.8 Å². The molecule has 2 aromatic rings. The minimum Gasteiger partial charge on any atom is -0.324 e. The second-order valence-electron chi connectivity index (χ2n) is 6.74. The van der Waals surface area contributed by atoms with E-state index in [1.807, 2.05) is 24.3 Å². The molecule has 0 aromatic heterocycles. The van der Waals surface area contributed by atoms with Crippen molar-refractivity contribution in [3.8, 4) is 0 Å². The summed E-state index contributed by atoms with van der Waals surface area (Å²) in [5.41, 5.74) is 0.676. The number of nitro groups is 1. The molecule has 4 amide bonds. The number of fused-ring (bicyclic) bond motifs is 2. The normalized spacial score (nSPS) is 20.2. The third kappa shape index (κ3) is 2.77. The number of aryl methyl sites for hydroxylation is 1. The molecule has 4 rings (SSSR count). The molecule has 142 valence electrons. The van der Waals surface area contributed by atoms with E-state index < -0.39 is 34.9 Å². The van der Waals surface area contributed by atoms with Crippen LogP contribution in [0, 0.1) is 10.1 Å². The quantitative estimate of drug-likeness (QED) is 0.477. The maximum absolute atomic E-state index is 13.0. The van der Waals surface area contributed by atoms with Crippen LogP contribution in [0.5, 0.6) is 0 Å². The highest BCUT2D eigenvalue weighted by molar-refractivity contribution is 6.10. The van der Waals surface area contributed by atoms with Gasteiger partial charge in [-0.25, -0.2) is 4.79 Å². The highest BCUT2D eigenvalue weighted by atomic mass is 16.6. The molecule has 9 nitrogen and oxygen atoms in total. The van der Waals surface area contributed by atoms with Crippen LogP contribution in [0.3, 0.4) is 0 Å². The van der Waals surface area contributed by atoms with Crippen LogP contribution >= 0.6 is 0 Å². The minimum absolute atomic E-state index is 0.172. The van der Waals surface area contributed by atoms with Gasteiger partial charge in [0.15, 0.2) is 0 Å². The largest absolute Gasteiger partial charge is 0.325 e. The van der Waals surface area contributed by atoms with Crippen molar-refractivity contribution >= 4 is 29.2 Å². The van der Waals surface area contributed by atoms with E-state index in [2.05, 4.69) is 10.6 Å². The Hall–Kier alpha value is -3.75. The van der Waals surface area contributed by atoms with E-state index >= 15 is 0 Å². The van der Waals surface area contributed by atoms with Gasteiger partial charge in [-0.1, -0.05) is 30.3 Å². The molecule has 28 heavy (non-hydrogen) atoms. The predicted molar refractivity (Wildman–Crippen MR) is 98.4 cm³/mol. The molecule has 1 fully saturated rings. The van der Waals surface area contributed by atoms with Crippen LogP contribution in [0.1, 0.15) is 17.5 Å². The number of hydrogen-bond acceptors (Lipinski definition) is 5. The predicted octanol–water partition coefficient (Wildman–Crippen LogP) is 1.93. The lowest BCUT2D eigenvalue weighted by atomic mass is 9.92. The molecule has 0 bridgehead atoms. The Morgan fingerprint density at radius 1 is 1.21 bits per heavy atom. The fourth-order valence-electron chi connectivity index (χ4n) is 3.77. The van der Waals surface area contributed by atoms with Crippen LogP contribution < -0.4 is 10.6 Å². The molecule has 1 aliphatic carbocycles. The lowest BCUT2D eigenvalue weighted by Gasteiger charge is -2.22. The third-order valence-electron chi connectivity index (χ3n) is 5.06. The Bertz CT molecular complexity index is 1020. The summed E-state index contributed by atoms with van der Waals surface area (Å²) in [7, 11) is 0. The Morgan fingerprint density at radius 2 is 2.00 bits per heavy atom. The molecule has 2 aromatic carbocycles. The van der Waals surface area contributed by atoms with Gasteiger partial charge in [0.05, 0.1) is 4.92 Å². The van der Waals surface area contributed by atoms with Gasteiger partial charge in [0.1, 0.15) is 12.1 Å². The number of amides is 4. The van der Waals surface area contributed by atoms with E-state index in [4.69, 9.17) is 0 Å². The summed E-state index contributed by atoms with van der Waals surface area (Å²) in [5, 5.41) is 16.1. The fourth-order valence-corrected chi connectivity index (χ4v) is 3.77. The summed E-state index contributed by atoms with van der Waals surface area (Å²) >= 11 is 0. The van der Waals surface area contributed by atoms with Crippen molar-refractivity contribution in [3.63, 3.8) is 0 Å². The van der Waals surface area contributed by atoms with Crippen LogP contribution in [-0.2, 0) is 21.5 Å². The van der Waals surface area contributed by atoms with Crippen molar-refractivity contribution in [3.05, 3.63) is 69.8 Å². The number of anilines is 1. The molecule has 1 heterocycles. The first-order chi connectivity index (χ1) is 13.4. The first kappa shape index (κ1) is 17.7. The molecular weight excluding hydrogens is 364 g/mol. The highest BCUT2D eigenvalue weighted by Crippen LogP contribution is 2.41. The summed E-state index contributed by atoms with van der Waals surface area (Å²) < 4.78 is 0. The SMILES string of the molecule is O=C(CN1C(=O)N[C@]2(CCc3ccccc32)C1=O)Nc1cccc([N+](=O)[O-])c1. The number of nitrogens with zero attached hydrogens (tertiary/aromatic N) is 2. The molecule has 9 heteroatoms. The van der Waals surface area contributed by atoms with Gasteiger partial charge < -0.3 is 10.6 Å². The second-order valence-corrected chi connectivity index (χ2v) is 6.74. The zero-order chi connectivity index (χ0) is 19.9. The van der Waals surface area contributed by atoms with E-state index in [9.17, 15) is 24.5 Å². The Balaban J connectivity index is 1.51. The van der Waals surface area contributed by atoms with Crippen molar-refractivity contribution in [2.24, 2.45) is 0 Å². The maximum Gasteiger partial charge on any atom is 0.325 e. The molecule has 1 atom stereocenters. The van der Waals surface area contributed by atoms with Crippen LogP contribution in [0.4, 0.5) is 16.2 Å². The number of rotatable bonds is 4. The van der Waals surface area contributed by atoms with Gasteiger partial charge in [-0.2, -0.15) is 0 Å². The number of benzene rings is 2. The number of hydrogen-bond donors (Lipinski definition) is 2. The summed E-state index contributed by atoms with van der Waals surface area (Å²) in [6, 6.07) is 12.2. The average molecular weight is 380 g/mol. The van der Waals surface area contributed by atoms with Gasteiger partial charge in [-0.15, -0.1) is 0 Å². The van der Waals surface area contributed by atoms with Crippen molar-refractivity contribution in [1.29, 1.82) is 0 Å². The summed E-state index contributed by atoms with van der Waals surface area (Å²) in [6.45, 7) is -0.475. The molecule has 2 aliphatic rings. The lowest BCUT2D eigenvalue weighted by molar-refractivity contribution is -0.384. The molecule has 0 radical (unpaired) electrons. The Kier molecular flexibility index (Phi) is 4.07. The smallest absolute Gasteiger partial charge is 0.324 e. The van der Waals surface area contributed by atoms with Gasteiger partial charge in [0, 0.05) is 17.8 Å². The summed E-state index contributed by atoms with van der Waals surface area (Å²) in [6.07, 6.45) is 1.11. The Morgan fingerprint density at radius 3 is 2.79 bits per heavy atom. The molecule has 0 unspecified atom stereocenters.